The summed E-state index contributed by atoms with van der Waals surface area (Å²) in [6.07, 6.45) is 9.17. The van der Waals surface area contributed by atoms with Gasteiger partial charge in [0.1, 0.15) is 18.7 Å². The summed E-state index contributed by atoms with van der Waals surface area (Å²) < 4.78 is 28.7. The van der Waals surface area contributed by atoms with Crippen LogP contribution in [0, 0.1) is 23.2 Å². The molecule has 1 aromatic carbocycles. The number of esters is 3. The van der Waals surface area contributed by atoms with Crippen molar-refractivity contribution in [3.05, 3.63) is 35.9 Å². The lowest BCUT2D eigenvalue weighted by atomic mass is 9.79. The van der Waals surface area contributed by atoms with Gasteiger partial charge in [0.25, 0.3) is 0 Å². The van der Waals surface area contributed by atoms with E-state index in [9.17, 15) is 23.7 Å². The average Bonchev–Trinajstić information content (AvgIpc) is 3.48. The van der Waals surface area contributed by atoms with Crippen LogP contribution in [-0.2, 0) is 44.4 Å². The number of amides is 1. The smallest absolute Gasteiger partial charge is 0.331 e. The number of ether oxygens (including phenoxy) is 3. The average molecular weight is 649 g/mol. The highest BCUT2D eigenvalue weighted by molar-refractivity contribution is 7.45. The molecular formula is C34H53N2O8P. The first-order valence-corrected chi connectivity index (χ1v) is 18.3. The lowest BCUT2D eigenvalue weighted by Crippen LogP contribution is -2.43. The van der Waals surface area contributed by atoms with E-state index >= 15 is 0 Å². The number of unbranched alkanes of at least 4 members (excludes halogenated alkanes) is 1. The molecule has 3 rings (SSSR count). The first-order valence-electron chi connectivity index (χ1n) is 16.5. The molecule has 0 spiro atoms. The van der Waals surface area contributed by atoms with Gasteiger partial charge in [-0.2, -0.15) is 0 Å². The number of benzene rings is 1. The van der Waals surface area contributed by atoms with Gasteiger partial charge < -0.3 is 29.4 Å². The third-order valence-electron chi connectivity index (χ3n) is 9.11. The van der Waals surface area contributed by atoms with Gasteiger partial charge in [-0.3, -0.25) is 14.4 Å². The Kier molecular flexibility index (Phi) is 14.6. The molecule has 1 saturated carbocycles. The molecule has 0 radical (unpaired) electrons. The highest BCUT2D eigenvalue weighted by Crippen LogP contribution is 2.38. The fourth-order valence-electron chi connectivity index (χ4n) is 6.08. The summed E-state index contributed by atoms with van der Waals surface area (Å²) in [4.78, 5) is 53.0. The van der Waals surface area contributed by atoms with Crippen LogP contribution in [0.1, 0.15) is 84.6 Å². The molecule has 1 unspecified atom stereocenters. The van der Waals surface area contributed by atoms with Gasteiger partial charge in [-0.05, 0) is 69.0 Å². The van der Waals surface area contributed by atoms with Crippen LogP contribution in [0.15, 0.2) is 30.3 Å². The van der Waals surface area contributed by atoms with Crippen molar-refractivity contribution in [1.29, 1.82) is 0 Å². The molecule has 1 aromatic rings. The Bertz CT molecular complexity index is 1150. The number of hydrogen-bond acceptors (Lipinski definition) is 9. The van der Waals surface area contributed by atoms with Crippen molar-refractivity contribution in [2.75, 3.05) is 32.3 Å². The van der Waals surface area contributed by atoms with E-state index in [0.717, 1.165) is 44.9 Å². The van der Waals surface area contributed by atoms with E-state index in [2.05, 4.69) is 12.1 Å². The van der Waals surface area contributed by atoms with Gasteiger partial charge in [-0.25, -0.2) is 4.79 Å². The van der Waals surface area contributed by atoms with Crippen LogP contribution < -0.4 is 5.73 Å². The number of nitrogens with zero attached hydrogens (tertiary/aromatic N) is 1. The minimum Gasteiger partial charge on any atom is -0.463 e. The standard InChI is InChI=1S/C34H53N2O8P/c1-24(2)30(35)32(39)42-22-34(3,4)33(40)44-23-43-31(38)28-19-27(26-16-9-6-10-17-26)20-36(28)29(37)21-45(41)18-12-11-15-25-13-7-5-8-14-25/h5,7-8,13-14,24,26-28,30,45H,6,9-12,15-23,35H2,1-4H3/t27-,28+,30+/m1/s1. The van der Waals surface area contributed by atoms with Crippen LogP contribution in [-0.4, -0.2) is 73.1 Å². The molecule has 1 amide bonds. The van der Waals surface area contributed by atoms with Crippen LogP contribution in [0.2, 0.25) is 0 Å². The number of carbonyl (C=O) groups excluding carboxylic acids is 4. The molecule has 1 heterocycles. The predicted octanol–water partition coefficient (Wildman–Crippen LogP) is 4.96. The number of carbonyl (C=O) groups is 4. The molecule has 0 aromatic heterocycles. The van der Waals surface area contributed by atoms with Crippen molar-refractivity contribution in [2.24, 2.45) is 28.9 Å². The Hall–Kier alpha value is -2.71. The van der Waals surface area contributed by atoms with Gasteiger partial charge in [-0.1, -0.05) is 76.3 Å². The molecule has 1 aliphatic carbocycles. The number of nitrogens with two attached hydrogens (primary N) is 1. The number of likely N-dealkylation sites (tertiary alicyclic amines) is 1. The Labute approximate surface area is 268 Å². The van der Waals surface area contributed by atoms with E-state index < -0.39 is 50.0 Å². The summed E-state index contributed by atoms with van der Waals surface area (Å²) in [6.45, 7) is 6.30. The van der Waals surface area contributed by atoms with Gasteiger partial charge in [0, 0.05) is 6.54 Å². The molecule has 1 saturated heterocycles. The molecule has 1 aliphatic heterocycles. The van der Waals surface area contributed by atoms with Gasteiger partial charge in [-0.15, -0.1) is 0 Å². The number of rotatable bonds is 16. The highest BCUT2D eigenvalue weighted by atomic mass is 31.1. The Morgan fingerprint density at radius 1 is 0.978 bits per heavy atom. The summed E-state index contributed by atoms with van der Waals surface area (Å²) in [5.74, 6) is -1.72. The molecule has 11 heteroatoms. The Morgan fingerprint density at radius 2 is 1.67 bits per heavy atom. The predicted molar refractivity (Wildman–Crippen MR) is 173 cm³/mol. The van der Waals surface area contributed by atoms with Gasteiger partial charge in [0.05, 0.1) is 19.4 Å². The lowest BCUT2D eigenvalue weighted by Gasteiger charge is -2.27. The SMILES string of the molecule is CC(C)[C@H](N)C(=O)OCC(C)(C)C(=O)OCOC(=O)[C@@H]1C[C@@H](C2CCCCC2)CN1C(=O)C[PH](=O)CCCCc1ccccc1. The molecule has 0 bridgehead atoms. The second-order valence-electron chi connectivity index (χ2n) is 13.6. The van der Waals surface area contributed by atoms with E-state index in [1.165, 1.54) is 12.0 Å². The molecule has 2 N–H and O–H groups in total. The summed E-state index contributed by atoms with van der Waals surface area (Å²) in [5.41, 5.74) is 5.86. The van der Waals surface area contributed by atoms with Crippen molar-refractivity contribution in [3.63, 3.8) is 0 Å². The molecule has 252 valence electrons. The van der Waals surface area contributed by atoms with E-state index in [0.29, 0.717) is 25.0 Å². The molecule has 4 atom stereocenters. The zero-order valence-electron chi connectivity index (χ0n) is 27.5. The molecular weight excluding hydrogens is 595 g/mol. The molecule has 10 nitrogen and oxygen atoms in total. The van der Waals surface area contributed by atoms with E-state index in [1.807, 2.05) is 18.2 Å². The van der Waals surface area contributed by atoms with E-state index in [-0.39, 0.29) is 30.5 Å². The highest BCUT2D eigenvalue weighted by Gasteiger charge is 2.43. The van der Waals surface area contributed by atoms with Gasteiger partial charge >= 0.3 is 17.9 Å². The minimum absolute atomic E-state index is 0.0560. The number of hydrogen-bond donors (Lipinski definition) is 1. The van der Waals surface area contributed by atoms with Crippen LogP contribution in [0.3, 0.4) is 0 Å². The van der Waals surface area contributed by atoms with Crippen molar-refractivity contribution in [2.45, 2.75) is 97.6 Å². The topological polar surface area (TPSA) is 142 Å². The quantitative estimate of drug-likeness (QED) is 0.114. The Morgan fingerprint density at radius 3 is 2.33 bits per heavy atom. The van der Waals surface area contributed by atoms with E-state index in [1.54, 1.807) is 32.6 Å². The monoisotopic (exact) mass is 648 g/mol. The third kappa shape index (κ3) is 11.5. The second kappa shape index (κ2) is 17.8. The third-order valence-corrected chi connectivity index (χ3v) is 10.7. The van der Waals surface area contributed by atoms with Crippen LogP contribution >= 0.6 is 7.80 Å². The summed E-state index contributed by atoms with van der Waals surface area (Å²) in [6, 6.07) is 8.54. The van der Waals surface area contributed by atoms with Crippen molar-refractivity contribution >= 4 is 31.6 Å². The first kappa shape index (κ1) is 36.8. The maximum Gasteiger partial charge on any atom is 0.331 e. The molecule has 2 fully saturated rings. The summed E-state index contributed by atoms with van der Waals surface area (Å²) in [5, 5.41) is 0. The normalized spacial score (nSPS) is 20.4. The summed E-state index contributed by atoms with van der Waals surface area (Å²) >= 11 is 0. The van der Waals surface area contributed by atoms with Crippen molar-refractivity contribution in [1.82, 2.24) is 4.90 Å². The van der Waals surface area contributed by atoms with Crippen LogP contribution in [0.25, 0.3) is 0 Å². The van der Waals surface area contributed by atoms with Crippen molar-refractivity contribution < 1.29 is 38.0 Å². The largest absolute Gasteiger partial charge is 0.463 e. The van der Waals surface area contributed by atoms with Gasteiger partial charge in [0.15, 0.2) is 0 Å². The fourth-order valence-corrected chi connectivity index (χ4v) is 7.44. The maximum atomic E-state index is 13.4. The fraction of sp³-hybridized carbons (Fsp3) is 0.706. The molecule has 45 heavy (non-hydrogen) atoms. The second-order valence-corrected chi connectivity index (χ2v) is 15.6. The maximum absolute atomic E-state index is 13.4. The van der Waals surface area contributed by atoms with Gasteiger partial charge in [0.2, 0.25) is 12.7 Å². The van der Waals surface area contributed by atoms with Crippen LogP contribution in [0.5, 0.6) is 0 Å². The Balaban J connectivity index is 1.51. The van der Waals surface area contributed by atoms with Crippen LogP contribution in [0.4, 0.5) is 0 Å². The zero-order chi connectivity index (χ0) is 33.0. The number of aryl methyl sites for hydroxylation is 1. The minimum atomic E-state index is -2.14. The first-order chi connectivity index (χ1) is 21.4. The lowest BCUT2D eigenvalue weighted by molar-refractivity contribution is -0.179. The summed E-state index contributed by atoms with van der Waals surface area (Å²) in [7, 11) is -2.14. The van der Waals surface area contributed by atoms with E-state index in [4.69, 9.17) is 19.9 Å². The molecule has 2 aliphatic rings. The van der Waals surface area contributed by atoms with Crippen molar-refractivity contribution in [3.8, 4) is 0 Å². The zero-order valence-corrected chi connectivity index (χ0v) is 28.5.